The minimum Gasteiger partial charge on any atom is -0.361 e. The largest absolute Gasteiger partial charge is 0.361 e. The van der Waals surface area contributed by atoms with Gasteiger partial charge in [-0.15, -0.1) is 5.10 Å². The molecule has 8 heteroatoms. The number of pyridine rings is 1. The highest BCUT2D eigenvalue weighted by atomic mass is 16.1. The molecule has 1 amide bonds. The molecule has 0 fully saturated rings. The summed E-state index contributed by atoms with van der Waals surface area (Å²) in [5, 5.41) is 10.5. The number of hydrogen-bond acceptors (Lipinski definition) is 6. The van der Waals surface area contributed by atoms with Crippen molar-refractivity contribution >= 4 is 23.2 Å². The topological polar surface area (TPSA) is 97.1 Å². The monoisotopic (exact) mass is 373 g/mol. The zero-order valence-corrected chi connectivity index (χ0v) is 15.5. The third-order valence-electron chi connectivity index (χ3n) is 4.09. The van der Waals surface area contributed by atoms with Gasteiger partial charge < -0.3 is 10.6 Å². The van der Waals surface area contributed by atoms with Gasteiger partial charge in [-0.2, -0.15) is 9.50 Å². The van der Waals surface area contributed by atoms with Crippen LogP contribution in [0.15, 0.2) is 54.9 Å². The number of nitrogens with one attached hydrogen (secondary N) is 2. The first-order chi connectivity index (χ1) is 13.6. The van der Waals surface area contributed by atoms with Gasteiger partial charge in [0.2, 0.25) is 5.91 Å². The van der Waals surface area contributed by atoms with Crippen LogP contribution in [-0.4, -0.2) is 37.0 Å². The van der Waals surface area contributed by atoms with E-state index in [0.29, 0.717) is 17.4 Å². The third kappa shape index (κ3) is 3.80. The van der Waals surface area contributed by atoms with Crippen LogP contribution in [0.5, 0.6) is 0 Å². The Labute approximate surface area is 161 Å². The minimum atomic E-state index is -0.152. The van der Waals surface area contributed by atoms with Crippen LogP contribution < -0.4 is 10.6 Å². The number of fused-ring (bicyclic) bond motifs is 1. The summed E-state index contributed by atoms with van der Waals surface area (Å²) in [4.78, 5) is 25.3. The molecular weight excluding hydrogens is 354 g/mol. The Morgan fingerprint density at radius 3 is 2.79 bits per heavy atom. The maximum absolute atomic E-state index is 12.3. The highest BCUT2D eigenvalue weighted by Gasteiger charge is 2.12. The molecule has 1 aromatic carbocycles. The number of carbonyl (C=O) groups is 1. The second-order valence-corrected chi connectivity index (χ2v) is 6.44. The molecular formula is C20H19N7O. The van der Waals surface area contributed by atoms with E-state index in [1.54, 1.807) is 16.9 Å². The van der Waals surface area contributed by atoms with Crippen molar-refractivity contribution in [2.24, 2.45) is 0 Å². The fraction of sp³-hybridized carbons (Fsp3) is 0.150. The molecule has 0 aliphatic heterocycles. The van der Waals surface area contributed by atoms with E-state index in [0.717, 1.165) is 22.5 Å². The molecule has 0 aliphatic carbocycles. The maximum atomic E-state index is 12.3. The number of hydrogen-bond donors (Lipinski definition) is 2. The van der Waals surface area contributed by atoms with E-state index in [1.165, 1.54) is 0 Å². The molecule has 4 aromatic rings. The van der Waals surface area contributed by atoms with Crippen LogP contribution in [0, 0.1) is 13.8 Å². The Hall–Kier alpha value is -3.81. The standard InChI is InChI=1S/C20H19N7O/c1-13-5-3-7-16(9-13)24-18(28)12-22-17-10-14(2)23-20-25-19(26-27(17)20)15-6-4-8-21-11-15/h3-11,22H,12H2,1-2H3,(H,24,28). The Morgan fingerprint density at radius 2 is 2.00 bits per heavy atom. The van der Waals surface area contributed by atoms with Crippen LogP contribution in [0.4, 0.5) is 11.5 Å². The maximum Gasteiger partial charge on any atom is 0.254 e. The summed E-state index contributed by atoms with van der Waals surface area (Å²) >= 11 is 0. The molecule has 0 unspecified atom stereocenters. The van der Waals surface area contributed by atoms with Crippen molar-refractivity contribution in [1.82, 2.24) is 24.6 Å². The lowest BCUT2D eigenvalue weighted by Crippen LogP contribution is -2.23. The number of benzene rings is 1. The van der Waals surface area contributed by atoms with Crippen molar-refractivity contribution in [3.8, 4) is 11.4 Å². The second kappa shape index (κ2) is 7.43. The second-order valence-electron chi connectivity index (χ2n) is 6.44. The van der Waals surface area contributed by atoms with Crippen LogP contribution >= 0.6 is 0 Å². The number of aryl methyl sites for hydroxylation is 2. The van der Waals surface area contributed by atoms with Crippen molar-refractivity contribution < 1.29 is 4.79 Å². The van der Waals surface area contributed by atoms with E-state index in [9.17, 15) is 4.79 Å². The van der Waals surface area contributed by atoms with E-state index in [1.807, 2.05) is 56.3 Å². The van der Waals surface area contributed by atoms with E-state index < -0.39 is 0 Å². The highest BCUT2D eigenvalue weighted by molar-refractivity contribution is 5.93. The molecule has 3 heterocycles. The highest BCUT2D eigenvalue weighted by Crippen LogP contribution is 2.17. The quantitative estimate of drug-likeness (QED) is 0.558. The molecule has 0 bridgehead atoms. The molecule has 140 valence electrons. The molecule has 0 radical (unpaired) electrons. The fourth-order valence-electron chi connectivity index (χ4n) is 2.83. The molecule has 0 spiro atoms. The summed E-state index contributed by atoms with van der Waals surface area (Å²) in [6.45, 7) is 3.94. The molecule has 3 aromatic heterocycles. The Balaban J connectivity index is 1.54. The number of nitrogens with zero attached hydrogens (tertiary/aromatic N) is 5. The average molecular weight is 373 g/mol. The van der Waals surface area contributed by atoms with Gasteiger partial charge in [0.25, 0.3) is 5.78 Å². The lowest BCUT2D eigenvalue weighted by atomic mass is 10.2. The van der Waals surface area contributed by atoms with Gasteiger partial charge in [-0.05, 0) is 43.7 Å². The van der Waals surface area contributed by atoms with E-state index in [2.05, 4.69) is 30.7 Å². The van der Waals surface area contributed by atoms with Gasteiger partial charge in [0.15, 0.2) is 5.82 Å². The zero-order chi connectivity index (χ0) is 19.5. The number of amides is 1. The SMILES string of the molecule is Cc1cccc(NC(=O)CNc2cc(C)nc3nc(-c4cccnc4)nn23)c1. The Morgan fingerprint density at radius 1 is 1.11 bits per heavy atom. The normalized spacial score (nSPS) is 10.8. The molecule has 0 saturated heterocycles. The van der Waals surface area contributed by atoms with E-state index in [4.69, 9.17) is 0 Å². The molecule has 8 nitrogen and oxygen atoms in total. The van der Waals surface area contributed by atoms with Crippen LogP contribution in [-0.2, 0) is 4.79 Å². The molecule has 2 N–H and O–H groups in total. The van der Waals surface area contributed by atoms with Gasteiger partial charge in [-0.25, -0.2) is 4.98 Å². The van der Waals surface area contributed by atoms with Gasteiger partial charge in [0, 0.05) is 35.4 Å². The van der Waals surface area contributed by atoms with Crippen molar-refractivity contribution in [3.05, 3.63) is 66.1 Å². The summed E-state index contributed by atoms with van der Waals surface area (Å²) in [5.74, 6) is 1.48. The number of rotatable bonds is 5. The van der Waals surface area contributed by atoms with Crippen molar-refractivity contribution in [2.75, 3.05) is 17.2 Å². The minimum absolute atomic E-state index is 0.0918. The van der Waals surface area contributed by atoms with Crippen LogP contribution in [0.3, 0.4) is 0 Å². The van der Waals surface area contributed by atoms with Gasteiger partial charge in [0.1, 0.15) is 5.82 Å². The molecule has 0 saturated carbocycles. The lowest BCUT2D eigenvalue weighted by Gasteiger charge is -2.09. The van der Waals surface area contributed by atoms with Gasteiger partial charge in [-0.1, -0.05) is 12.1 Å². The average Bonchev–Trinajstić information content (AvgIpc) is 3.11. The van der Waals surface area contributed by atoms with Crippen molar-refractivity contribution in [1.29, 1.82) is 0 Å². The molecule has 0 aliphatic rings. The molecule has 28 heavy (non-hydrogen) atoms. The van der Waals surface area contributed by atoms with Gasteiger partial charge in [0.05, 0.1) is 6.54 Å². The van der Waals surface area contributed by atoms with E-state index >= 15 is 0 Å². The summed E-state index contributed by atoms with van der Waals surface area (Å²) in [6, 6.07) is 13.2. The van der Waals surface area contributed by atoms with Crippen molar-refractivity contribution in [3.63, 3.8) is 0 Å². The zero-order valence-electron chi connectivity index (χ0n) is 15.5. The fourth-order valence-corrected chi connectivity index (χ4v) is 2.83. The van der Waals surface area contributed by atoms with Gasteiger partial charge in [-0.3, -0.25) is 9.78 Å². The first-order valence-corrected chi connectivity index (χ1v) is 8.84. The predicted molar refractivity (Wildman–Crippen MR) is 107 cm³/mol. The third-order valence-corrected chi connectivity index (χ3v) is 4.09. The first kappa shape index (κ1) is 17.6. The summed E-state index contributed by atoms with van der Waals surface area (Å²) in [7, 11) is 0. The summed E-state index contributed by atoms with van der Waals surface area (Å²) in [6.07, 6.45) is 3.39. The Kier molecular flexibility index (Phi) is 4.67. The van der Waals surface area contributed by atoms with Crippen LogP contribution in [0.1, 0.15) is 11.3 Å². The molecule has 4 rings (SSSR count). The number of aromatic nitrogens is 5. The Bertz CT molecular complexity index is 1140. The summed E-state index contributed by atoms with van der Waals surface area (Å²) < 4.78 is 1.59. The number of anilines is 2. The van der Waals surface area contributed by atoms with Crippen LogP contribution in [0.2, 0.25) is 0 Å². The first-order valence-electron chi connectivity index (χ1n) is 8.84. The predicted octanol–water partition coefficient (Wildman–Crippen LogP) is 2.85. The van der Waals surface area contributed by atoms with Crippen molar-refractivity contribution in [2.45, 2.75) is 13.8 Å². The van der Waals surface area contributed by atoms with E-state index in [-0.39, 0.29) is 12.5 Å². The smallest absolute Gasteiger partial charge is 0.254 e. The summed E-state index contributed by atoms with van der Waals surface area (Å²) in [5.41, 5.74) is 3.43. The van der Waals surface area contributed by atoms with Crippen LogP contribution in [0.25, 0.3) is 17.2 Å². The van der Waals surface area contributed by atoms with Gasteiger partial charge >= 0.3 is 0 Å². The lowest BCUT2D eigenvalue weighted by molar-refractivity contribution is -0.114. The number of carbonyl (C=O) groups excluding carboxylic acids is 1. The molecule has 0 atom stereocenters.